The second-order valence-electron chi connectivity index (χ2n) is 3.63. The summed E-state index contributed by atoms with van der Waals surface area (Å²) in [4.78, 5) is 11.6. The van der Waals surface area contributed by atoms with Gasteiger partial charge in [-0.2, -0.15) is 0 Å². The first kappa shape index (κ1) is 13.0. The van der Waals surface area contributed by atoms with Crippen molar-refractivity contribution in [3.05, 3.63) is 28.2 Å². The van der Waals surface area contributed by atoms with Crippen LogP contribution in [0.25, 0.3) is 0 Å². The zero-order chi connectivity index (χ0) is 12.0. The molecule has 4 heteroatoms. The summed E-state index contributed by atoms with van der Waals surface area (Å²) in [6, 6.07) is 4.80. The standard InChI is InChI=1S/C12H16BrNO2/c1-2-3-4-7-14-12(16)9-5-6-10(13)11(15)8-9/h5-6,8,15H,2-4,7H2,1H3,(H,14,16). The highest BCUT2D eigenvalue weighted by Crippen LogP contribution is 2.24. The van der Waals surface area contributed by atoms with E-state index in [1.54, 1.807) is 12.1 Å². The quantitative estimate of drug-likeness (QED) is 0.817. The topological polar surface area (TPSA) is 49.3 Å². The molecule has 0 unspecified atom stereocenters. The summed E-state index contributed by atoms with van der Waals surface area (Å²) in [7, 11) is 0. The van der Waals surface area contributed by atoms with Gasteiger partial charge in [-0.15, -0.1) is 0 Å². The van der Waals surface area contributed by atoms with Crippen molar-refractivity contribution in [1.82, 2.24) is 5.32 Å². The van der Waals surface area contributed by atoms with Crippen molar-refractivity contribution in [1.29, 1.82) is 0 Å². The first-order chi connectivity index (χ1) is 7.65. The number of hydrogen-bond acceptors (Lipinski definition) is 2. The number of aromatic hydroxyl groups is 1. The van der Waals surface area contributed by atoms with Crippen molar-refractivity contribution in [3.63, 3.8) is 0 Å². The number of nitrogens with one attached hydrogen (secondary N) is 1. The Hall–Kier alpha value is -1.03. The number of carbonyl (C=O) groups excluding carboxylic acids is 1. The minimum Gasteiger partial charge on any atom is -0.507 e. The van der Waals surface area contributed by atoms with E-state index in [-0.39, 0.29) is 11.7 Å². The van der Waals surface area contributed by atoms with Crippen molar-refractivity contribution < 1.29 is 9.90 Å². The Balaban J connectivity index is 2.50. The molecule has 88 valence electrons. The van der Waals surface area contributed by atoms with Crippen LogP contribution >= 0.6 is 15.9 Å². The Bertz CT molecular complexity index is 366. The zero-order valence-electron chi connectivity index (χ0n) is 9.29. The molecule has 0 aliphatic heterocycles. The smallest absolute Gasteiger partial charge is 0.251 e. The fourth-order valence-electron chi connectivity index (χ4n) is 1.33. The Labute approximate surface area is 104 Å². The maximum Gasteiger partial charge on any atom is 0.251 e. The number of carbonyl (C=O) groups is 1. The van der Waals surface area contributed by atoms with Gasteiger partial charge in [0, 0.05) is 12.1 Å². The van der Waals surface area contributed by atoms with Crippen molar-refractivity contribution in [2.45, 2.75) is 26.2 Å². The molecule has 0 bridgehead atoms. The van der Waals surface area contributed by atoms with Gasteiger partial charge in [-0.25, -0.2) is 0 Å². The van der Waals surface area contributed by atoms with Crippen LogP contribution in [0.4, 0.5) is 0 Å². The van der Waals surface area contributed by atoms with Gasteiger partial charge in [0.1, 0.15) is 5.75 Å². The van der Waals surface area contributed by atoms with Gasteiger partial charge in [-0.1, -0.05) is 19.8 Å². The summed E-state index contributed by atoms with van der Waals surface area (Å²) in [5.74, 6) is -0.0555. The molecule has 3 nitrogen and oxygen atoms in total. The molecule has 1 rings (SSSR count). The van der Waals surface area contributed by atoms with Crippen LogP contribution in [0.15, 0.2) is 22.7 Å². The van der Waals surface area contributed by atoms with Gasteiger partial charge in [-0.3, -0.25) is 4.79 Å². The fraction of sp³-hybridized carbons (Fsp3) is 0.417. The fourth-order valence-corrected chi connectivity index (χ4v) is 1.58. The number of rotatable bonds is 5. The summed E-state index contributed by atoms with van der Waals surface area (Å²) in [5.41, 5.74) is 0.484. The first-order valence-electron chi connectivity index (χ1n) is 5.42. The molecule has 16 heavy (non-hydrogen) atoms. The van der Waals surface area contributed by atoms with E-state index >= 15 is 0 Å². The van der Waals surface area contributed by atoms with Crippen LogP contribution < -0.4 is 5.32 Å². The molecular formula is C12H16BrNO2. The van der Waals surface area contributed by atoms with Crippen LogP contribution in [-0.4, -0.2) is 17.6 Å². The van der Waals surface area contributed by atoms with Gasteiger partial charge in [-0.05, 0) is 40.5 Å². The molecule has 1 aromatic rings. The lowest BCUT2D eigenvalue weighted by atomic mass is 10.2. The highest BCUT2D eigenvalue weighted by Gasteiger charge is 2.07. The minimum atomic E-state index is -0.140. The van der Waals surface area contributed by atoms with Gasteiger partial charge in [0.25, 0.3) is 5.91 Å². The van der Waals surface area contributed by atoms with Crippen molar-refractivity contribution >= 4 is 21.8 Å². The van der Waals surface area contributed by atoms with Crippen LogP contribution in [0.1, 0.15) is 36.5 Å². The molecule has 2 N–H and O–H groups in total. The Morgan fingerprint density at radius 2 is 2.19 bits per heavy atom. The molecule has 0 radical (unpaired) electrons. The van der Waals surface area contributed by atoms with Crippen LogP contribution in [0.2, 0.25) is 0 Å². The van der Waals surface area contributed by atoms with Crippen molar-refractivity contribution in [3.8, 4) is 5.75 Å². The summed E-state index contributed by atoms with van der Waals surface area (Å²) in [5, 5.41) is 12.2. The predicted octanol–water partition coefficient (Wildman–Crippen LogP) is 3.07. The highest BCUT2D eigenvalue weighted by atomic mass is 79.9. The number of phenols is 1. The van der Waals surface area contributed by atoms with Crippen LogP contribution in [0.5, 0.6) is 5.75 Å². The number of amides is 1. The zero-order valence-corrected chi connectivity index (χ0v) is 10.9. The number of unbranched alkanes of at least 4 members (excludes halogenated alkanes) is 2. The van der Waals surface area contributed by atoms with E-state index in [1.807, 2.05) is 0 Å². The summed E-state index contributed by atoms with van der Waals surface area (Å²) < 4.78 is 0.593. The van der Waals surface area contributed by atoms with E-state index < -0.39 is 0 Å². The first-order valence-corrected chi connectivity index (χ1v) is 6.21. The average molecular weight is 286 g/mol. The average Bonchev–Trinajstić information content (AvgIpc) is 2.28. The molecule has 1 aromatic carbocycles. The third-order valence-corrected chi connectivity index (χ3v) is 2.94. The molecular weight excluding hydrogens is 270 g/mol. The molecule has 0 saturated carbocycles. The lowest BCUT2D eigenvalue weighted by Gasteiger charge is -2.05. The largest absolute Gasteiger partial charge is 0.507 e. The molecule has 0 aromatic heterocycles. The summed E-state index contributed by atoms with van der Waals surface area (Å²) >= 11 is 3.17. The van der Waals surface area contributed by atoms with Crippen molar-refractivity contribution in [2.75, 3.05) is 6.54 Å². The molecule has 1 amide bonds. The van der Waals surface area contributed by atoms with Gasteiger partial charge in [0.05, 0.1) is 4.47 Å². The lowest BCUT2D eigenvalue weighted by molar-refractivity contribution is 0.0952. The molecule has 0 fully saturated rings. The normalized spacial score (nSPS) is 10.1. The van der Waals surface area contributed by atoms with Crippen LogP contribution in [-0.2, 0) is 0 Å². The van der Waals surface area contributed by atoms with E-state index in [9.17, 15) is 9.90 Å². The third kappa shape index (κ3) is 3.85. The van der Waals surface area contributed by atoms with E-state index in [0.717, 1.165) is 19.3 Å². The highest BCUT2D eigenvalue weighted by molar-refractivity contribution is 9.10. The van der Waals surface area contributed by atoms with Gasteiger partial charge < -0.3 is 10.4 Å². The van der Waals surface area contributed by atoms with E-state index in [0.29, 0.717) is 16.6 Å². The van der Waals surface area contributed by atoms with Crippen LogP contribution in [0, 0.1) is 0 Å². The van der Waals surface area contributed by atoms with E-state index in [4.69, 9.17) is 0 Å². The summed E-state index contributed by atoms with van der Waals surface area (Å²) in [6.45, 7) is 2.80. The second-order valence-corrected chi connectivity index (χ2v) is 4.48. The van der Waals surface area contributed by atoms with E-state index in [2.05, 4.69) is 28.2 Å². The van der Waals surface area contributed by atoms with Gasteiger partial charge in [0.15, 0.2) is 0 Å². The maximum atomic E-state index is 11.6. The second kappa shape index (κ2) is 6.53. The Morgan fingerprint density at radius 3 is 2.81 bits per heavy atom. The lowest BCUT2D eigenvalue weighted by Crippen LogP contribution is -2.24. The van der Waals surface area contributed by atoms with Crippen molar-refractivity contribution in [2.24, 2.45) is 0 Å². The van der Waals surface area contributed by atoms with E-state index in [1.165, 1.54) is 6.07 Å². The minimum absolute atomic E-state index is 0.0845. The summed E-state index contributed by atoms with van der Waals surface area (Å²) in [6.07, 6.45) is 3.24. The number of hydrogen-bond donors (Lipinski definition) is 2. The number of halogens is 1. The Morgan fingerprint density at radius 1 is 1.44 bits per heavy atom. The molecule has 0 aliphatic carbocycles. The number of phenolic OH excluding ortho intramolecular Hbond substituents is 1. The van der Waals surface area contributed by atoms with Crippen LogP contribution in [0.3, 0.4) is 0 Å². The number of benzene rings is 1. The predicted molar refractivity (Wildman–Crippen MR) is 67.7 cm³/mol. The molecule has 0 spiro atoms. The molecule has 0 heterocycles. The SMILES string of the molecule is CCCCCNC(=O)c1ccc(Br)c(O)c1. The molecule has 0 saturated heterocycles. The molecule has 0 atom stereocenters. The third-order valence-electron chi connectivity index (χ3n) is 2.27. The maximum absolute atomic E-state index is 11.6. The Kier molecular flexibility index (Phi) is 5.32. The monoisotopic (exact) mass is 285 g/mol. The van der Waals surface area contributed by atoms with Gasteiger partial charge in [0.2, 0.25) is 0 Å². The molecule has 0 aliphatic rings. The van der Waals surface area contributed by atoms with Gasteiger partial charge >= 0.3 is 0 Å².